The highest BCUT2D eigenvalue weighted by Gasteiger charge is 2.33. The molecule has 8 heteroatoms. The fraction of sp³-hybridized carbons (Fsp3) is 0.417. The zero-order chi connectivity index (χ0) is 22.7. The number of rotatable bonds is 6. The second-order valence-corrected chi connectivity index (χ2v) is 8.26. The third kappa shape index (κ3) is 5.12. The zero-order valence-electron chi connectivity index (χ0n) is 18.1. The summed E-state index contributed by atoms with van der Waals surface area (Å²) in [5, 5.41) is 0. The van der Waals surface area contributed by atoms with Gasteiger partial charge >= 0.3 is 6.18 Å². The van der Waals surface area contributed by atoms with Crippen LogP contribution < -0.4 is 4.74 Å². The molecule has 32 heavy (non-hydrogen) atoms. The van der Waals surface area contributed by atoms with Crippen LogP contribution in [0.4, 0.5) is 13.2 Å². The van der Waals surface area contributed by atoms with Crippen molar-refractivity contribution in [3.8, 4) is 28.4 Å². The Labute approximate surface area is 185 Å². The van der Waals surface area contributed by atoms with Gasteiger partial charge in [-0.05, 0) is 74.4 Å². The number of imidazole rings is 1. The van der Waals surface area contributed by atoms with Gasteiger partial charge in [0.1, 0.15) is 11.6 Å². The summed E-state index contributed by atoms with van der Waals surface area (Å²) >= 11 is 0. The fourth-order valence-electron chi connectivity index (χ4n) is 4.15. The normalized spacial score (nSPS) is 19.2. The van der Waals surface area contributed by atoms with Gasteiger partial charge in [0.05, 0.1) is 11.8 Å². The third-order valence-corrected chi connectivity index (χ3v) is 5.88. The number of benzene rings is 1. The SMILES string of the molecule is COC[C@H]1CC[C@@H](Oc2ccc(-c3ccc(-c4nc(C(F)(F)F)c[nH]4)cn3)c(C)c2)CC1. The quantitative estimate of drug-likeness (QED) is 0.502. The number of hydrogen-bond acceptors (Lipinski definition) is 4. The highest BCUT2D eigenvalue weighted by Crippen LogP contribution is 2.32. The molecule has 0 unspecified atom stereocenters. The summed E-state index contributed by atoms with van der Waals surface area (Å²) in [5.74, 6) is 1.60. The first-order valence-electron chi connectivity index (χ1n) is 10.7. The lowest BCUT2D eigenvalue weighted by molar-refractivity contribution is -0.140. The monoisotopic (exact) mass is 445 g/mol. The lowest BCUT2D eigenvalue weighted by Crippen LogP contribution is -2.26. The average Bonchev–Trinajstić information content (AvgIpc) is 3.27. The minimum atomic E-state index is -4.48. The van der Waals surface area contributed by atoms with Crippen molar-refractivity contribution in [2.75, 3.05) is 13.7 Å². The minimum absolute atomic E-state index is 0.136. The molecule has 170 valence electrons. The molecule has 1 aliphatic rings. The van der Waals surface area contributed by atoms with Crippen LogP contribution in [0.5, 0.6) is 5.75 Å². The number of alkyl halides is 3. The Kier molecular flexibility index (Phi) is 6.50. The van der Waals surface area contributed by atoms with Crippen molar-refractivity contribution >= 4 is 0 Å². The number of hydrogen-bond donors (Lipinski definition) is 1. The minimum Gasteiger partial charge on any atom is -0.490 e. The molecule has 0 saturated heterocycles. The number of pyridine rings is 1. The highest BCUT2D eigenvalue weighted by molar-refractivity contribution is 5.67. The summed E-state index contributed by atoms with van der Waals surface area (Å²) < 4.78 is 49.7. The maximum atomic E-state index is 12.8. The predicted molar refractivity (Wildman–Crippen MR) is 115 cm³/mol. The first-order chi connectivity index (χ1) is 15.3. The fourth-order valence-corrected chi connectivity index (χ4v) is 4.15. The van der Waals surface area contributed by atoms with E-state index in [2.05, 4.69) is 15.0 Å². The molecule has 2 heterocycles. The molecule has 1 fully saturated rings. The molecule has 0 amide bonds. The van der Waals surface area contributed by atoms with Crippen LogP contribution in [0, 0.1) is 12.8 Å². The molecule has 1 aromatic carbocycles. The topological polar surface area (TPSA) is 60.0 Å². The standard InChI is InChI=1S/C24H26F3N3O2/c1-15-11-19(32-18-6-3-16(4-7-18)14-31-2)8-9-20(15)21-10-5-17(12-28-21)23-29-13-22(30-23)24(25,26)27/h5,8-13,16,18H,3-4,6-7,14H2,1-2H3,(H,29,30)/t16-,18+. The zero-order valence-corrected chi connectivity index (χ0v) is 18.1. The molecular weight excluding hydrogens is 419 g/mol. The lowest BCUT2D eigenvalue weighted by atomic mass is 9.88. The number of ether oxygens (including phenoxy) is 2. The summed E-state index contributed by atoms with van der Waals surface area (Å²) in [6, 6.07) is 9.42. The van der Waals surface area contributed by atoms with Gasteiger partial charge in [-0.25, -0.2) is 4.98 Å². The predicted octanol–water partition coefficient (Wildman–Crippen LogP) is 6.05. The summed E-state index contributed by atoms with van der Waals surface area (Å²) in [6.45, 7) is 2.81. The van der Waals surface area contributed by atoms with Crippen LogP contribution in [0.1, 0.15) is 36.9 Å². The van der Waals surface area contributed by atoms with Gasteiger partial charge in [0.25, 0.3) is 0 Å². The van der Waals surface area contributed by atoms with Crippen molar-refractivity contribution in [2.24, 2.45) is 5.92 Å². The molecule has 2 aromatic heterocycles. The van der Waals surface area contributed by atoms with Gasteiger partial charge in [-0.15, -0.1) is 0 Å². The van der Waals surface area contributed by atoms with Crippen molar-refractivity contribution in [1.29, 1.82) is 0 Å². The van der Waals surface area contributed by atoms with Crippen molar-refractivity contribution in [3.63, 3.8) is 0 Å². The van der Waals surface area contributed by atoms with E-state index in [4.69, 9.17) is 9.47 Å². The first-order valence-corrected chi connectivity index (χ1v) is 10.7. The summed E-state index contributed by atoms with van der Waals surface area (Å²) in [5.41, 5.74) is 2.25. The summed E-state index contributed by atoms with van der Waals surface area (Å²) in [4.78, 5) is 10.6. The molecule has 0 atom stereocenters. The van der Waals surface area contributed by atoms with Gasteiger partial charge in [-0.3, -0.25) is 4.98 Å². The van der Waals surface area contributed by atoms with Crippen LogP contribution in [0.3, 0.4) is 0 Å². The van der Waals surface area contributed by atoms with Crippen molar-refractivity contribution in [1.82, 2.24) is 15.0 Å². The molecular formula is C24H26F3N3O2. The Morgan fingerprint density at radius 2 is 1.88 bits per heavy atom. The van der Waals surface area contributed by atoms with Gasteiger partial charge < -0.3 is 14.5 Å². The van der Waals surface area contributed by atoms with E-state index in [1.807, 2.05) is 25.1 Å². The molecule has 1 aliphatic carbocycles. The second-order valence-electron chi connectivity index (χ2n) is 8.26. The van der Waals surface area contributed by atoms with E-state index in [0.29, 0.717) is 11.5 Å². The van der Waals surface area contributed by atoms with Gasteiger partial charge in [-0.2, -0.15) is 13.2 Å². The number of methoxy groups -OCH3 is 1. The van der Waals surface area contributed by atoms with Crippen molar-refractivity contribution < 1.29 is 22.6 Å². The summed E-state index contributed by atoms with van der Waals surface area (Å²) in [7, 11) is 1.75. The van der Waals surface area contributed by atoms with Crippen LogP contribution in [-0.2, 0) is 10.9 Å². The van der Waals surface area contributed by atoms with Crippen molar-refractivity contribution in [2.45, 2.75) is 44.9 Å². The molecule has 0 spiro atoms. The molecule has 1 saturated carbocycles. The largest absolute Gasteiger partial charge is 0.490 e. The maximum Gasteiger partial charge on any atom is 0.434 e. The molecule has 4 rings (SSSR count). The van der Waals surface area contributed by atoms with Crippen LogP contribution in [-0.4, -0.2) is 34.8 Å². The number of H-pyrrole nitrogens is 1. The number of nitrogens with one attached hydrogen (secondary N) is 1. The molecule has 0 aliphatic heterocycles. The summed E-state index contributed by atoms with van der Waals surface area (Å²) in [6.07, 6.45) is 2.42. The first kappa shape index (κ1) is 22.3. The average molecular weight is 445 g/mol. The molecule has 5 nitrogen and oxygen atoms in total. The Balaban J connectivity index is 1.42. The van der Waals surface area contributed by atoms with E-state index in [1.54, 1.807) is 19.2 Å². The molecule has 0 radical (unpaired) electrons. The number of halogens is 3. The van der Waals surface area contributed by atoms with Gasteiger partial charge in [0.2, 0.25) is 0 Å². The lowest BCUT2D eigenvalue weighted by Gasteiger charge is -2.28. The smallest absolute Gasteiger partial charge is 0.434 e. The van der Waals surface area contributed by atoms with Crippen LogP contribution in [0.15, 0.2) is 42.7 Å². The Morgan fingerprint density at radius 3 is 2.47 bits per heavy atom. The second kappa shape index (κ2) is 9.32. The van der Waals surface area contributed by atoms with Crippen LogP contribution >= 0.6 is 0 Å². The number of aromatic amines is 1. The van der Waals surface area contributed by atoms with Gasteiger partial charge in [0.15, 0.2) is 5.69 Å². The number of aryl methyl sites for hydroxylation is 1. The van der Waals surface area contributed by atoms with E-state index >= 15 is 0 Å². The maximum absolute atomic E-state index is 12.8. The number of nitrogens with zero attached hydrogens (tertiary/aromatic N) is 2. The van der Waals surface area contributed by atoms with E-state index in [1.165, 1.54) is 6.20 Å². The Morgan fingerprint density at radius 1 is 1.09 bits per heavy atom. The van der Waals surface area contributed by atoms with Crippen LogP contribution in [0.2, 0.25) is 0 Å². The molecule has 0 bridgehead atoms. The van der Waals surface area contributed by atoms with E-state index in [-0.39, 0.29) is 11.9 Å². The molecule has 1 N–H and O–H groups in total. The Hall–Kier alpha value is -2.87. The van der Waals surface area contributed by atoms with E-state index in [0.717, 1.165) is 61.1 Å². The van der Waals surface area contributed by atoms with Crippen molar-refractivity contribution in [3.05, 3.63) is 54.0 Å². The molecule has 3 aromatic rings. The van der Waals surface area contributed by atoms with Crippen LogP contribution in [0.25, 0.3) is 22.6 Å². The van der Waals surface area contributed by atoms with Gasteiger partial charge in [-0.1, -0.05) is 0 Å². The third-order valence-electron chi connectivity index (χ3n) is 5.88. The van der Waals surface area contributed by atoms with E-state index in [9.17, 15) is 13.2 Å². The Bertz CT molecular complexity index is 1040. The van der Waals surface area contributed by atoms with E-state index < -0.39 is 11.9 Å². The number of aromatic nitrogens is 3. The van der Waals surface area contributed by atoms with Gasteiger partial charge in [0, 0.05) is 37.2 Å². The highest BCUT2D eigenvalue weighted by atomic mass is 19.4.